The lowest BCUT2D eigenvalue weighted by Crippen LogP contribution is -1.92. The Hall–Kier alpha value is -0.890. The molecular formula is C10H14ClNO. The first kappa shape index (κ1) is 12.1. The fourth-order valence-corrected chi connectivity index (χ4v) is 0.912. The summed E-state index contributed by atoms with van der Waals surface area (Å²) in [5.74, 6) is 0.634. The average Bonchev–Trinajstić information content (AvgIpc) is 2.14. The maximum Gasteiger partial charge on any atom is 0.195 e. The minimum atomic E-state index is -0.270. The molecule has 0 amide bonds. The lowest BCUT2D eigenvalue weighted by atomic mass is 10.1. The van der Waals surface area contributed by atoms with Gasteiger partial charge in [0.25, 0.3) is 0 Å². The van der Waals surface area contributed by atoms with Crippen LogP contribution in [0.1, 0.15) is 13.3 Å². The highest BCUT2D eigenvalue weighted by Crippen LogP contribution is 2.04. The van der Waals surface area contributed by atoms with Crippen molar-refractivity contribution in [1.82, 2.24) is 0 Å². The van der Waals surface area contributed by atoms with Crippen LogP contribution in [0.2, 0.25) is 0 Å². The van der Waals surface area contributed by atoms with E-state index in [2.05, 4.69) is 0 Å². The summed E-state index contributed by atoms with van der Waals surface area (Å²) in [7, 11) is 0. The Labute approximate surface area is 83.8 Å². The molecule has 0 aliphatic rings. The highest BCUT2D eigenvalue weighted by Gasteiger charge is 1.93. The first-order valence-corrected chi connectivity index (χ1v) is 4.67. The number of ketones is 1. The van der Waals surface area contributed by atoms with Crippen molar-refractivity contribution >= 4 is 23.6 Å². The van der Waals surface area contributed by atoms with Gasteiger partial charge in [0, 0.05) is 5.88 Å². The van der Waals surface area contributed by atoms with Crippen LogP contribution >= 0.6 is 11.6 Å². The summed E-state index contributed by atoms with van der Waals surface area (Å²) in [5.41, 5.74) is 0. The summed E-state index contributed by atoms with van der Waals surface area (Å²) < 4.78 is 0. The van der Waals surface area contributed by atoms with Gasteiger partial charge in [0.2, 0.25) is 0 Å². The number of allylic oxidation sites excluding steroid dienone is 4. The van der Waals surface area contributed by atoms with Crippen molar-refractivity contribution in [2.24, 2.45) is 5.92 Å². The van der Waals surface area contributed by atoms with Crippen molar-refractivity contribution in [1.29, 1.82) is 5.41 Å². The number of carbonyl (C=O) groups excluding carboxylic acids is 1. The van der Waals surface area contributed by atoms with Gasteiger partial charge in [-0.1, -0.05) is 25.2 Å². The molecule has 0 aliphatic carbocycles. The van der Waals surface area contributed by atoms with Crippen LogP contribution in [0.4, 0.5) is 0 Å². The van der Waals surface area contributed by atoms with Gasteiger partial charge in [-0.25, -0.2) is 0 Å². The summed E-state index contributed by atoms with van der Waals surface area (Å²) in [6.07, 6.45) is 8.68. The molecule has 1 atom stereocenters. The minimum Gasteiger partial charge on any atom is -0.305 e. The molecule has 0 saturated heterocycles. The summed E-state index contributed by atoms with van der Waals surface area (Å²) in [5, 5.41) is 6.65. The van der Waals surface area contributed by atoms with E-state index < -0.39 is 0 Å². The normalized spacial score (nSPS) is 13.7. The van der Waals surface area contributed by atoms with Crippen LogP contribution in [0, 0.1) is 11.3 Å². The number of carbonyl (C=O) groups is 1. The van der Waals surface area contributed by atoms with Gasteiger partial charge in [-0.15, -0.1) is 11.6 Å². The molecule has 0 radical (unpaired) electrons. The van der Waals surface area contributed by atoms with Crippen LogP contribution in [-0.4, -0.2) is 17.9 Å². The predicted octanol–water partition coefficient (Wildman–Crippen LogP) is 2.58. The molecule has 0 heterocycles. The Morgan fingerprint density at radius 3 is 2.77 bits per heavy atom. The standard InChI is InChI=1S/C10H14ClNO/c1-9(5-3-7-11)4-2-6-10(13)8-12/h2-3,5-6,8-9,12H,4,7H2,1H3/b5-3-,6-2+,12-8?. The fourth-order valence-electron chi connectivity index (χ4n) is 0.809. The van der Waals surface area contributed by atoms with E-state index in [0.717, 1.165) is 12.6 Å². The second-order valence-electron chi connectivity index (χ2n) is 2.74. The molecular weight excluding hydrogens is 186 g/mol. The molecule has 13 heavy (non-hydrogen) atoms. The summed E-state index contributed by atoms with van der Waals surface area (Å²) in [6.45, 7) is 2.04. The lowest BCUT2D eigenvalue weighted by molar-refractivity contribution is -0.108. The Kier molecular flexibility index (Phi) is 7.21. The summed E-state index contributed by atoms with van der Waals surface area (Å²) in [6, 6.07) is 0. The Morgan fingerprint density at radius 1 is 1.54 bits per heavy atom. The summed E-state index contributed by atoms with van der Waals surface area (Å²) >= 11 is 5.46. The molecule has 0 spiro atoms. The van der Waals surface area contributed by atoms with E-state index in [4.69, 9.17) is 17.0 Å². The van der Waals surface area contributed by atoms with E-state index in [1.54, 1.807) is 6.08 Å². The van der Waals surface area contributed by atoms with E-state index >= 15 is 0 Å². The van der Waals surface area contributed by atoms with E-state index in [0.29, 0.717) is 11.8 Å². The smallest absolute Gasteiger partial charge is 0.195 e. The van der Waals surface area contributed by atoms with Crippen LogP contribution < -0.4 is 0 Å². The van der Waals surface area contributed by atoms with Gasteiger partial charge >= 0.3 is 0 Å². The van der Waals surface area contributed by atoms with E-state index in [-0.39, 0.29) is 5.78 Å². The molecule has 0 fully saturated rings. The molecule has 0 aromatic heterocycles. The van der Waals surface area contributed by atoms with Gasteiger partial charge in [-0.3, -0.25) is 4.79 Å². The number of hydrogen-bond donors (Lipinski definition) is 1. The maximum absolute atomic E-state index is 10.6. The molecule has 0 saturated carbocycles. The van der Waals surface area contributed by atoms with Gasteiger partial charge in [0.1, 0.15) is 0 Å². The zero-order valence-electron chi connectivity index (χ0n) is 7.66. The van der Waals surface area contributed by atoms with E-state index in [1.165, 1.54) is 6.08 Å². The van der Waals surface area contributed by atoms with Gasteiger partial charge in [-0.05, 0) is 18.4 Å². The van der Waals surface area contributed by atoms with Gasteiger partial charge in [-0.2, -0.15) is 0 Å². The van der Waals surface area contributed by atoms with Crippen molar-refractivity contribution in [3.8, 4) is 0 Å². The molecule has 2 nitrogen and oxygen atoms in total. The molecule has 72 valence electrons. The van der Waals surface area contributed by atoms with E-state index in [1.807, 2.05) is 19.1 Å². The number of halogens is 1. The Balaban J connectivity index is 3.74. The van der Waals surface area contributed by atoms with Crippen molar-refractivity contribution < 1.29 is 4.79 Å². The molecule has 0 aliphatic heterocycles. The number of rotatable bonds is 6. The third-order valence-electron chi connectivity index (χ3n) is 1.49. The monoisotopic (exact) mass is 199 g/mol. The van der Waals surface area contributed by atoms with Crippen molar-refractivity contribution in [3.63, 3.8) is 0 Å². The first-order valence-electron chi connectivity index (χ1n) is 4.14. The van der Waals surface area contributed by atoms with Crippen molar-refractivity contribution in [3.05, 3.63) is 24.3 Å². The Bertz CT molecular complexity index is 221. The van der Waals surface area contributed by atoms with Crippen molar-refractivity contribution in [2.45, 2.75) is 13.3 Å². The zero-order valence-corrected chi connectivity index (χ0v) is 8.42. The topological polar surface area (TPSA) is 40.9 Å². The Morgan fingerprint density at radius 2 is 2.23 bits per heavy atom. The molecule has 3 heteroatoms. The van der Waals surface area contributed by atoms with Crippen LogP contribution in [-0.2, 0) is 4.79 Å². The van der Waals surface area contributed by atoms with Crippen LogP contribution in [0.25, 0.3) is 0 Å². The average molecular weight is 200 g/mol. The third kappa shape index (κ3) is 7.47. The molecule has 0 aromatic rings. The zero-order chi connectivity index (χ0) is 10.1. The predicted molar refractivity (Wildman–Crippen MR) is 56.6 cm³/mol. The SMILES string of the molecule is CC(/C=C\CCl)C/C=C/C(=O)C=N. The number of alkyl halides is 1. The molecule has 0 aromatic carbocycles. The molecule has 0 bridgehead atoms. The number of nitrogens with one attached hydrogen (secondary N) is 1. The van der Waals surface area contributed by atoms with Crippen LogP contribution in [0.3, 0.4) is 0 Å². The highest BCUT2D eigenvalue weighted by atomic mass is 35.5. The number of hydrogen-bond acceptors (Lipinski definition) is 2. The third-order valence-corrected chi connectivity index (χ3v) is 1.66. The summed E-state index contributed by atoms with van der Waals surface area (Å²) in [4.78, 5) is 10.6. The molecule has 0 rings (SSSR count). The van der Waals surface area contributed by atoms with Crippen molar-refractivity contribution in [2.75, 3.05) is 5.88 Å². The van der Waals surface area contributed by atoms with E-state index in [9.17, 15) is 4.79 Å². The first-order chi connectivity index (χ1) is 6.20. The minimum absolute atomic E-state index is 0.270. The lowest BCUT2D eigenvalue weighted by Gasteiger charge is -1.98. The van der Waals surface area contributed by atoms with Gasteiger partial charge < -0.3 is 5.41 Å². The quantitative estimate of drug-likeness (QED) is 0.304. The van der Waals surface area contributed by atoms with Gasteiger partial charge in [0.05, 0.1) is 6.21 Å². The fraction of sp³-hybridized carbons (Fsp3) is 0.400. The van der Waals surface area contributed by atoms with Crippen LogP contribution in [0.5, 0.6) is 0 Å². The largest absolute Gasteiger partial charge is 0.305 e. The van der Waals surface area contributed by atoms with Gasteiger partial charge in [0.15, 0.2) is 5.78 Å². The molecule has 1 N–H and O–H groups in total. The molecule has 1 unspecified atom stereocenters. The highest BCUT2D eigenvalue weighted by molar-refractivity contribution is 6.31. The maximum atomic E-state index is 10.6. The van der Waals surface area contributed by atoms with Crippen LogP contribution in [0.15, 0.2) is 24.3 Å². The second-order valence-corrected chi connectivity index (χ2v) is 3.05. The second kappa shape index (κ2) is 7.74.